The molecule has 8 fully saturated rings. The van der Waals surface area contributed by atoms with Gasteiger partial charge in [-0.1, -0.05) is 330 Å². The summed E-state index contributed by atoms with van der Waals surface area (Å²) < 4.78 is 0. The fraction of sp³-hybridized carbons (Fsp3) is 0.414. The van der Waals surface area contributed by atoms with E-state index >= 15 is 0 Å². The molecular weight excluding hydrogens is 1420 g/mol. The van der Waals surface area contributed by atoms with Crippen LogP contribution in [0.15, 0.2) is 243 Å². The number of fused-ring (bicyclic) bond motifs is 2. The van der Waals surface area contributed by atoms with Crippen LogP contribution in [0, 0.1) is 0 Å². The maximum atomic E-state index is 2.86. The highest BCUT2D eigenvalue weighted by Gasteiger charge is 2.33. The van der Waals surface area contributed by atoms with Crippen molar-refractivity contribution in [3.8, 4) is 55.6 Å². The predicted octanol–water partition coefficient (Wildman–Crippen LogP) is 35.6. The normalized spacial score (nSPS) is 19.1. The van der Waals surface area contributed by atoms with Crippen LogP contribution in [0.2, 0.25) is 0 Å². The summed E-state index contributed by atoms with van der Waals surface area (Å²) in [5.41, 5.74) is 32.5. The number of anilines is 6. The van der Waals surface area contributed by atoms with Crippen LogP contribution < -0.4 is 9.80 Å². The molecule has 0 spiro atoms. The second-order valence-corrected chi connectivity index (χ2v) is 38.5. The first-order valence-corrected chi connectivity index (χ1v) is 48.1. The van der Waals surface area contributed by atoms with Crippen molar-refractivity contribution in [2.75, 3.05) is 9.80 Å². The minimum Gasteiger partial charge on any atom is -0.309 e. The van der Waals surface area contributed by atoms with Gasteiger partial charge in [0, 0.05) is 44.3 Å². The summed E-state index contributed by atoms with van der Waals surface area (Å²) in [6.45, 7) is 0. The summed E-state index contributed by atoms with van der Waals surface area (Å²) in [4.78, 5) is 5.72. The Bertz CT molecular complexity index is 5150. The Morgan fingerprint density at radius 1 is 0.144 bits per heavy atom. The molecule has 2 heteroatoms. The third-order valence-electron chi connectivity index (χ3n) is 30.9. The summed E-state index contributed by atoms with van der Waals surface area (Å²) in [7, 11) is 0. The molecule has 8 aliphatic rings. The molecule has 602 valence electrons. The molecule has 0 heterocycles. The largest absolute Gasteiger partial charge is 0.309 e. The molecule has 0 saturated heterocycles. The number of benzene rings is 12. The van der Waals surface area contributed by atoms with Crippen molar-refractivity contribution in [3.63, 3.8) is 0 Å². The lowest BCUT2D eigenvalue weighted by molar-refractivity contribution is 0.435. The summed E-state index contributed by atoms with van der Waals surface area (Å²) >= 11 is 0. The first kappa shape index (κ1) is 77.4. The average molecular weight is 1550 g/mol. The van der Waals surface area contributed by atoms with Gasteiger partial charge in [-0.05, 0) is 317 Å². The highest BCUT2D eigenvalue weighted by molar-refractivity contribution is 6.24. The van der Waals surface area contributed by atoms with Gasteiger partial charge in [0.2, 0.25) is 0 Å². The quantitative estimate of drug-likeness (QED) is 0.0588. The molecule has 0 N–H and O–H groups in total. The molecular formula is C116H128N2. The van der Waals surface area contributed by atoms with Crippen LogP contribution in [0.25, 0.3) is 77.2 Å². The SMILES string of the molecule is c1ccc(-c2ccc3c(N(c4cc(-c5ccc(C6CCCCC6)cc5)cc(-c5ccc(C6CCCCC6)cc5)c4)c4cc(C5CCCCC5)cc(C5CCCCC5)c4)c4ccccc4c(N(c4cc(-c5ccc(C6CCCCC6)cc5)cc(-c5ccc(C6CCCCC6)cc5)c4)c4cc(C5CCCCC5)cc(C5CCCCC5)c4)c3c2)cc1. The lowest BCUT2D eigenvalue weighted by atomic mass is 9.79. The van der Waals surface area contributed by atoms with Gasteiger partial charge in [0.1, 0.15) is 0 Å². The second-order valence-electron chi connectivity index (χ2n) is 38.5. The Hall–Kier alpha value is -9.24. The molecule has 0 aliphatic heterocycles. The van der Waals surface area contributed by atoms with E-state index in [1.54, 1.807) is 22.3 Å². The van der Waals surface area contributed by atoms with E-state index in [9.17, 15) is 0 Å². The standard InChI is InChI=1S/C116H128N2/c1-10-30-81(31-11-1)90-50-58-94(59-51-90)103-70-104(95-60-52-91(53-61-95)82-32-12-2-13-33-82)77-108(76-103)117(107-72-99(86-40-20-6-21-41-86)68-100(73-107)87-42-22-7-23-43-87)115-111-48-28-29-49-112(111)116(114-80-98(66-67-113(114)115)85-38-18-5-19-39-85)118(109-74-101(88-44-24-8-25-45-88)69-102(75-109)89-46-26-9-27-47-89)110-78-105(96-62-54-92(55-63-96)83-34-14-3-15-35-83)71-106(79-110)97-64-56-93(57-65-97)84-36-16-4-17-37-84/h5,18-19,28-29,38-39,48-84,86-89H,1-4,6-17,20-27,30-37,40-47H2. The fourth-order valence-corrected chi connectivity index (χ4v) is 24.2. The maximum Gasteiger partial charge on any atom is 0.0620 e. The molecule has 2 nitrogen and oxygen atoms in total. The molecule has 20 rings (SSSR count). The van der Waals surface area contributed by atoms with Crippen molar-refractivity contribution in [1.82, 2.24) is 0 Å². The lowest BCUT2D eigenvalue weighted by Crippen LogP contribution is -2.17. The zero-order valence-electron chi connectivity index (χ0n) is 70.9. The van der Waals surface area contributed by atoms with Crippen LogP contribution in [-0.2, 0) is 0 Å². The zero-order valence-corrected chi connectivity index (χ0v) is 70.9. The van der Waals surface area contributed by atoms with E-state index in [2.05, 4.69) is 252 Å². The smallest absolute Gasteiger partial charge is 0.0620 e. The second kappa shape index (κ2) is 36.0. The molecule has 0 bridgehead atoms. The molecule has 0 radical (unpaired) electrons. The number of rotatable bonds is 19. The first-order chi connectivity index (χ1) is 58.5. The highest BCUT2D eigenvalue weighted by Crippen LogP contribution is 2.56. The van der Waals surface area contributed by atoms with Crippen LogP contribution in [0.5, 0.6) is 0 Å². The van der Waals surface area contributed by atoms with Gasteiger partial charge in [0.15, 0.2) is 0 Å². The zero-order chi connectivity index (χ0) is 78.5. The van der Waals surface area contributed by atoms with Gasteiger partial charge in [-0.15, -0.1) is 0 Å². The van der Waals surface area contributed by atoms with E-state index in [0.29, 0.717) is 47.3 Å². The van der Waals surface area contributed by atoms with E-state index in [1.165, 1.54) is 390 Å². The monoisotopic (exact) mass is 1550 g/mol. The van der Waals surface area contributed by atoms with Gasteiger partial charge in [-0.2, -0.15) is 0 Å². The molecule has 0 atom stereocenters. The molecule has 0 unspecified atom stereocenters. The van der Waals surface area contributed by atoms with E-state index in [0.717, 1.165) is 0 Å². The molecule has 12 aromatic rings. The maximum absolute atomic E-state index is 2.86. The summed E-state index contributed by atoms with van der Waals surface area (Å²) in [5.74, 6) is 4.63. The van der Waals surface area contributed by atoms with E-state index in [-0.39, 0.29) is 0 Å². The number of hydrogen-bond acceptors (Lipinski definition) is 2. The minimum absolute atomic E-state index is 0.521. The van der Waals surface area contributed by atoms with Crippen molar-refractivity contribution >= 4 is 55.7 Å². The van der Waals surface area contributed by atoms with Crippen LogP contribution in [0.1, 0.15) is 349 Å². The van der Waals surface area contributed by atoms with Gasteiger partial charge >= 0.3 is 0 Å². The Morgan fingerprint density at radius 2 is 0.364 bits per heavy atom. The van der Waals surface area contributed by atoms with Crippen molar-refractivity contribution in [1.29, 1.82) is 0 Å². The van der Waals surface area contributed by atoms with Gasteiger partial charge in [0.25, 0.3) is 0 Å². The molecule has 118 heavy (non-hydrogen) atoms. The van der Waals surface area contributed by atoms with Gasteiger partial charge < -0.3 is 9.80 Å². The van der Waals surface area contributed by atoms with E-state index < -0.39 is 0 Å². The van der Waals surface area contributed by atoms with Crippen molar-refractivity contribution < 1.29 is 0 Å². The van der Waals surface area contributed by atoms with Gasteiger partial charge in [0.05, 0.1) is 11.4 Å². The number of nitrogens with zero attached hydrogens (tertiary/aromatic N) is 2. The van der Waals surface area contributed by atoms with Crippen molar-refractivity contribution in [3.05, 3.63) is 287 Å². The molecule has 8 saturated carbocycles. The summed E-state index contributed by atoms with van der Waals surface area (Å²) in [6.07, 6.45) is 52.3. The minimum atomic E-state index is 0.521. The Balaban J connectivity index is 0.879. The number of hydrogen-bond donors (Lipinski definition) is 0. The Morgan fingerprint density at radius 3 is 0.644 bits per heavy atom. The van der Waals surface area contributed by atoms with Crippen LogP contribution in [0.3, 0.4) is 0 Å². The Labute approximate surface area is 707 Å². The Kier molecular flexibility index (Phi) is 23.6. The van der Waals surface area contributed by atoms with E-state index in [4.69, 9.17) is 0 Å². The predicted molar refractivity (Wildman–Crippen MR) is 505 cm³/mol. The topological polar surface area (TPSA) is 6.48 Å². The molecule has 12 aromatic carbocycles. The summed E-state index contributed by atoms with van der Waals surface area (Å²) in [6, 6.07) is 101. The van der Waals surface area contributed by atoms with Crippen molar-refractivity contribution in [2.24, 2.45) is 0 Å². The molecule has 0 amide bonds. The first-order valence-electron chi connectivity index (χ1n) is 48.1. The molecule has 0 aromatic heterocycles. The van der Waals surface area contributed by atoms with Crippen LogP contribution in [0.4, 0.5) is 34.1 Å². The van der Waals surface area contributed by atoms with Gasteiger partial charge in [-0.3, -0.25) is 0 Å². The van der Waals surface area contributed by atoms with Gasteiger partial charge in [-0.25, -0.2) is 0 Å². The van der Waals surface area contributed by atoms with Crippen molar-refractivity contribution in [2.45, 2.75) is 304 Å². The highest BCUT2D eigenvalue weighted by atomic mass is 15.2. The third-order valence-corrected chi connectivity index (χ3v) is 30.9. The van der Waals surface area contributed by atoms with Crippen LogP contribution >= 0.6 is 0 Å². The molecule has 8 aliphatic carbocycles. The third kappa shape index (κ3) is 16.8. The lowest BCUT2D eigenvalue weighted by Gasteiger charge is -2.35. The summed E-state index contributed by atoms with van der Waals surface area (Å²) in [5, 5.41) is 5.08. The fourth-order valence-electron chi connectivity index (χ4n) is 24.2. The van der Waals surface area contributed by atoms with E-state index in [1.807, 2.05) is 0 Å². The van der Waals surface area contributed by atoms with Crippen LogP contribution in [-0.4, -0.2) is 0 Å². The average Bonchev–Trinajstić information content (AvgIpc) is 0.713.